The van der Waals surface area contributed by atoms with Crippen molar-refractivity contribution in [2.75, 3.05) is 0 Å². The number of hydrogen-bond donors (Lipinski definition) is 1. The highest BCUT2D eigenvalue weighted by Crippen LogP contribution is 2.23. The van der Waals surface area contributed by atoms with Crippen LogP contribution >= 0.6 is 11.8 Å². The Morgan fingerprint density at radius 3 is 2.05 bits per heavy atom. The number of carboxylic acids is 1. The summed E-state index contributed by atoms with van der Waals surface area (Å²) in [5.41, 5.74) is 3.51. The first-order valence-electron chi connectivity index (χ1n) is 6.68. The smallest absolute Gasteiger partial charge is 0.307 e. The molecule has 0 saturated heterocycles. The molecule has 0 aliphatic heterocycles. The van der Waals surface area contributed by atoms with Gasteiger partial charge in [0.1, 0.15) is 0 Å². The molecule has 0 aromatic heterocycles. The molecule has 0 unspecified atom stereocenters. The van der Waals surface area contributed by atoms with E-state index in [-0.39, 0.29) is 6.42 Å². The molecule has 0 heterocycles. The Bertz CT molecular complexity index is 559. The monoisotopic (exact) mass is 286 g/mol. The average molecular weight is 286 g/mol. The molecule has 0 aliphatic carbocycles. The van der Waals surface area contributed by atoms with Crippen LogP contribution in [0.3, 0.4) is 0 Å². The van der Waals surface area contributed by atoms with Gasteiger partial charge in [0.2, 0.25) is 0 Å². The fourth-order valence-electron chi connectivity index (χ4n) is 1.92. The van der Waals surface area contributed by atoms with Crippen LogP contribution in [0.4, 0.5) is 0 Å². The Balaban J connectivity index is 1.91. The Labute approximate surface area is 123 Å². The van der Waals surface area contributed by atoms with Gasteiger partial charge in [-0.2, -0.15) is 0 Å². The maximum absolute atomic E-state index is 10.6. The van der Waals surface area contributed by atoms with Gasteiger partial charge in [0, 0.05) is 10.6 Å². The number of rotatable bonds is 6. The first kappa shape index (κ1) is 14.7. The quantitative estimate of drug-likeness (QED) is 0.810. The summed E-state index contributed by atoms with van der Waals surface area (Å²) in [6, 6.07) is 16.4. The Morgan fingerprint density at radius 2 is 1.50 bits per heavy atom. The van der Waals surface area contributed by atoms with Gasteiger partial charge in [-0.1, -0.05) is 43.3 Å². The largest absolute Gasteiger partial charge is 0.481 e. The lowest BCUT2D eigenvalue weighted by molar-refractivity contribution is -0.136. The minimum atomic E-state index is -0.790. The Hall–Kier alpha value is -1.74. The van der Waals surface area contributed by atoms with Crippen molar-refractivity contribution in [3.05, 3.63) is 65.2 Å². The van der Waals surface area contributed by atoms with Crippen LogP contribution in [0.1, 0.15) is 23.6 Å². The molecule has 20 heavy (non-hydrogen) atoms. The second kappa shape index (κ2) is 7.15. The number of thioether (sulfide) groups is 1. The van der Waals surface area contributed by atoms with E-state index in [1.54, 1.807) is 11.8 Å². The summed E-state index contributed by atoms with van der Waals surface area (Å²) in [5, 5.41) is 8.73. The van der Waals surface area contributed by atoms with Gasteiger partial charge in [-0.25, -0.2) is 0 Å². The van der Waals surface area contributed by atoms with Gasteiger partial charge in [-0.3, -0.25) is 4.79 Å². The van der Waals surface area contributed by atoms with Gasteiger partial charge >= 0.3 is 5.97 Å². The molecule has 0 fully saturated rings. The van der Waals surface area contributed by atoms with Crippen molar-refractivity contribution in [1.29, 1.82) is 0 Å². The second-order valence-electron chi connectivity index (χ2n) is 4.67. The molecule has 0 spiro atoms. The molecule has 2 rings (SSSR count). The molecular weight excluding hydrogens is 268 g/mol. The number of aliphatic carboxylic acids is 1. The van der Waals surface area contributed by atoms with Crippen LogP contribution in [-0.2, 0) is 23.4 Å². The van der Waals surface area contributed by atoms with Crippen LogP contribution < -0.4 is 0 Å². The first-order chi connectivity index (χ1) is 9.67. The second-order valence-corrected chi connectivity index (χ2v) is 5.72. The van der Waals surface area contributed by atoms with Crippen molar-refractivity contribution < 1.29 is 9.90 Å². The lowest BCUT2D eigenvalue weighted by Crippen LogP contribution is -1.99. The molecule has 104 valence electrons. The zero-order chi connectivity index (χ0) is 14.4. The van der Waals surface area contributed by atoms with Crippen molar-refractivity contribution in [3.63, 3.8) is 0 Å². The first-order valence-corrected chi connectivity index (χ1v) is 7.67. The third-order valence-corrected chi connectivity index (χ3v) is 4.20. The fraction of sp³-hybridized carbons (Fsp3) is 0.235. The van der Waals surface area contributed by atoms with E-state index in [1.807, 2.05) is 24.3 Å². The Morgan fingerprint density at radius 1 is 0.950 bits per heavy atom. The van der Waals surface area contributed by atoms with Crippen molar-refractivity contribution in [2.45, 2.75) is 30.4 Å². The molecule has 0 saturated carbocycles. The van der Waals surface area contributed by atoms with Gasteiger partial charge in [0.15, 0.2) is 0 Å². The summed E-state index contributed by atoms with van der Waals surface area (Å²) in [7, 11) is 0. The van der Waals surface area contributed by atoms with E-state index in [1.165, 1.54) is 16.0 Å². The SMILES string of the molecule is CCc1ccc(CSc2ccc(CC(=O)O)cc2)cc1. The minimum absolute atomic E-state index is 0.0867. The van der Waals surface area contributed by atoms with E-state index >= 15 is 0 Å². The highest BCUT2D eigenvalue weighted by molar-refractivity contribution is 7.98. The van der Waals surface area contributed by atoms with Crippen LogP contribution in [-0.4, -0.2) is 11.1 Å². The van der Waals surface area contributed by atoms with E-state index in [9.17, 15) is 4.79 Å². The minimum Gasteiger partial charge on any atom is -0.481 e. The number of hydrogen-bond acceptors (Lipinski definition) is 2. The lowest BCUT2D eigenvalue weighted by atomic mass is 10.1. The van der Waals surface area contributed by atoms with Crippen LogP contribution in [0, 0.1) is 0 Å². The predicted octanol–water partition coefficient (Wildman–Crippen LogP) is 4.17. The molecule has 0 atom stereocenters. The molecule has 2 aromatic rings. The van der Waals surface area contributed by atoms with E-state index in [2.05, 4.69) is 31.2 Å². The summed E-state index contributed by atoms with van der Waals surface area (Å²) < 4.78 is 0. The Kier molecular flexibility index (Phi) is 5.24. The van der Waals surface area contributed by atoms with E-state index in [0.717, 1.165) is 17.7 Å². The van der Waals surface area contributed by atoms with Crippen LogP contribution in [0.5, 0.6) is 0 Å². The highest BCUT2D eigenvalue weighted by Gasteiger charge is 2.01. The van der Waals surface area contributed by atoms with Gasteiger partial charge in [0.05, 0.1) is 6.42 Å². The molecule has 1 N–H and O–H groups in total. The number of benzene rings is 2. The molecule has 3 heteroatoms. The molecule has 0 aliphatic rings. The third kappa shape index (κ3) is 4.42. The predicted molar refractivity (Wildman–Crippen MR) is 83.2 cm³/mol. The number of aryl methyl sites for hydroxylation is 1. The van der Waals surface area contributed by atoms with Gasteiger partial charge in [-0.15, -0.1) is 11.8 Å². The molecule has 2 aromatic carbocycles. The van der Waals surface area contributed by atoms with E-state index < -0.39 is 5.97 Å². The van der Waals surface area contributed by atoms with Crippen molar-refractivity contribution in [2.24, 2.45) is 0 Å². The molecule has 0 bridgehead atoms. The topological polar surface area (TPSA) is 37.3 Å². The number of carboxylic acid groups (broad SMARTS) is 1. The van der Waals surface area contributed by atoms with Crippen molar-refractivity contribution in [1.82, 2.24) is 0 Å². The molecule has 2 nitrogen and oxygen atoms in total. The zero-order valence-electron chi connectivity index (χ0n) is 11.5. The summed E-state index contributed by atoms with van der Waals surface area (Å²) in [5.74, 6) is 0.142. The van der Waals surface area contributed by atoms with Crippen LogP contribution in [0.15, 0.2) is 53.4 Å². The summed E-state index contributed by atoms with van der Waals surface area (Å²) in [6.07, 6.45) is 1.15. The molecule has 0 radical (unpaired) electrons. The maximum Gasteiger partial charge on any atom is 0.307 e. The fourth-order valence-corrected chi connectivity index (χ4v) is 2.77. The standard InChI is InChI=1S/C17H18O2S/c1-2-13-3-5-15(6-4-13)12-20-16-9-7-14(8-10-16)11-17(18)19/h3-10H,2,11-12H2,1H3,(H,18,19). The van der Waals surface area contributed by atoms with Crippen molar-refractivity contribution in [3.8, 4) is 0 Å². The van der Waals surface area contributed by atoms with E-state index in [0.29, 0.717) is 0 Å². The summed E-state index contributed by atoms with van der Waals surface area (Å²) in [4.78, 5) is 11.8. The van der Waals surface area contributed by atoms with Crippen molar-refractivity contribution >= 4 is 17.7 Å². The van der Waals surface area contributed by atoms with Crippen LogP contribution in [0.2, 0.25) is 0 Å². The van der Waals surface area contributed by atoms with Gasteiger partial charge < -0.3 is 5.11 Å². The normalized spacial score (nSPS) is 10.4. The number of carbonyl (C=O) groups is 1. The average Bonchev–Trinajstić information content (AvgIpc) is 2.46. The third-order valence-electron chi connectivity index (χ3n) is 3.12. The zero-order valence-corrected chi connectivity index (χ0v) is 12.3. The maximum atomic E-state index is 10.6. The lowest BCUT2D eigenvalue weighted by Gasteiger charge is -2.04. The highest BCUT2D eigenvalue weighted by atomic mass is 32.2. The molecule has 0 amide bonds. The molecular formula is C17H18O2S. The van der Waals surface area contributed by atoms with Gasteiger partial charge in [-0.05, 0) is 35.2 Å². The van der Waals surface area contributed by atoms with Crippen LogP contribution in [0.25, 0.3) is 0 Å². The summed E-state index contributed by atoms with van der Waals surface area (Å²) in [6.45, 7) is 2.16. The van der Waals surface area contributed by atoms with E-state index in [4.69, 9.17) is 5.11 Å². The summed E-state index contributed by atoms with van der Waals surface area (Å²) >= 11 is 1.77. The van der Waals surface area contributed by atoms with Gasteiger partial charge in [0.25, 0.3) is 0 Å².